The molecule has 2 rings (SSSR count). The number of hydrogen-bond donors (Lipinski definition) is 1. The first-order valence-electron chi connectivity index (χ1n) is 6.19. The van der Waals surface area contributed by atoms with E-state index in [0.717, 1.165) is 11.1 Å². The first-order chi connectivity index (χ1) is 9.06. The highest BCUT2D eigenvalue weighted by atomic mass is 35.5. The molecule has 0 bridgehead atoms. The molecule has 0 saturated heterocycles. The van der Waals surface area contributed by atoms with Crippen molar-refractivity contribution in [3.63, 3.8) is 0 Å². The first kappa shape index (κ1) is 13.6. The second-order valence-corrected chi connectivity index (χ2v) is 5.05. The second-order valence-electron chi connectivity index (χ2n) is 4.62. The van der Waals surface area contributed by atoms with E-state index < -0.39 is 0 Å². The lowest BCUT2D eigenvalue weighted by Gasteiger charge is -2.14. The van der Waals surface area contributed by atoms with Crippen molar-refractivity contribution < 1.29 is 4.79 Å². The largest absolute Gasteiger partial charge is 0.346 e. The normalized spacial score (nSPS) is 11.9. The summed E-state index contributed by atoms with van der Waals surface area (Å²) in [6.07, 6.45) is 0. The van der Waals surface area contributed by atoms with E-state index in [1.807, 2.05) is 62.4 Å². The fraction of sp³-hybridized carbons (Fsp3) is 0.188. The lowest BCUT2D eigenvalue weighted by atomic mass is 10.1. The van der Waals surface area contributed by atoms with Crippen molar-refractivity contribution in [3.05, 3.63) is 70.2 Å². The molecule has 0 spiro atoms. The molecule has 1 atom stereocenters. The quantitative estimate of drug-likeness (QED) is 0.895. The van der Waals surface area contributed by atoms with E-state index in [0.29, 0.717) is 10.6 Å². The van der Waals surface area contributed by atoms with Gasteiger partial charge in [0.1, 0.15) is 0 Å². The summed E-state index contributed by atoms with van der Waals surface area (Å²) >= 11 is 5.85. The van der Waals surface area contributed by atoms with Crippen LogP contribution in [-0.2, 0) is 0 Å². The maximum absolute atomic E-state index is 12.1. The molecule has 2 nitrogen and oxygen atoms in total. The molecule has 0 fully saturated rings. The van der Waals surface area contributed by atoms with Gasteiger partial charge in [0.2, 0.25) is 0 Å². The Morgan fingerprint density at radius 1 is 1.16 bits per heavy atom. The second kappa shape index (κ2) is 5.89. The maximum Gasteiger partial charge on any atom is 0.251 e. The summed E-state index contributed by atoms with van der Waals surface area (Å²) in [6.45, 7) is 3.93. The van der Waals surface area contributed by atoms with Crippen molar-refractivity contribution in [2.24, 2.45) is 0 Å². The predicted octanol–water partition coefficient (Wildman–Crippen LogP) is 4.14. The summed E-state index contributed by atoms with van der Waals surface area (Å²) in [5.41, 5.74) is 2.79. The third-order valence-corrected chi connectivity index (χ3v) is 3.25. The van der Waals surface area contributed by atoms with E-state index >= 15 is 0 Å². The van der Waals surface area contributed by atoms with Crippen LogP contribution in [0.3, 0.4) is 0 Å². The molecule has 0 saturated carbocycles. The van der Waals surface area contributed by atoms with E-state index in [-0.39, 0.29) is 11.9 Å². The molecule has 1 amide bonds. The van der Waals surface area contributed by atoms with E-state index in [4.69, 9.17) is 11.6 Å². The monoisotopic (exact) mass is 273 g/mol. The van der Waals surface area contributed by atoms with Crippen LogP contribution >= 0.6 is 11.6 Å². The molecule has 2 aromatic rings. The molecule has 0 radical (unpaired) electrons. The van der Waals surface area contributed by atoms with Gasteiger partial charge >= 0.3 is 0 Å². The van der Waals surface area contributed by atoms with Crippen molar-refractivity contribution in [1.82, 2.24) is 5.32 Å². The number of halogens is 1. The van der Waals surface area contributed by atoms with Gasteiger partial charge in [0.15, 0.2) is 0 Å². The van der Waals surface area contributed by atoms with Crippen LogP contribution in [0.15, 0.2) is 48.5 Å². The van der Waals surface area contributed by atoms with Crippen LogP contribution in [0.2, 0.25) is 5.02 Å². The number of amides is 1. The molecular formula is C16H16ClNO. The molecule has 0 heterocycles. The molecule has 0 aliphatic carbocycles. The lowest BCUT2D eigenvalue weighted by Crippen LogP contribution is -2.26. The number of nitrogens with one attached hydrogen (secondary N) is 1. The smallest absolute Gasteiger partial charge is 0.251 e. The number of rotatable bonds is 3. The standard InChI is InChI=1S/C16H16ClNO/c1-11-4-3-5-14(10-11)16(19)18-12(2)13-6-8-15(17)9-7-13/h3-10,12H,1-2H3,(H,18,19). The van der Waals surface area contributed by atoms with Crippen LogP contribution in [0.4, 0.5) is 0 Å². The van der Waals surface area contributed by atoms with Crippen LogP contribution in [0, 0.1) is 6.92 Å². The van der Waals surface area contributed by atoms with Gasteiger partial charge < -0.3 is 5.32 Å². The van der Waals surface area contributed by atoms with Crippen LogP contribution in [0.1, 0.15) is 34.5 Å². The van der Waals surface area contributed by atoms with Crippen molar-refractivity contribution in [2.75, 3.05) is 0 Å². The van der Waals surface area contributed by atoms with Gasteiger partial charge in [-0.25, -0.2) is 0 Å². The fourth-order valence-electron chi connectivity index (χ4n) is 1.90. The van der Waals surface area contributed by atoms with Gasteiger partial charge in [-0.1, -0.05) is 41.4 Å². The molecule has 3 heteroatoms. The zero-order valence-corrected chi connectivity index (χ0v) is 11.7. The summed E-state index contributed by atoms with van der Waals surface area (Å²) in [5.74, 6) is -0.0637. The Labute approximate surface area is 118 Å². The Morgan fingerprint density at radius 3 is 2.47 bits per heavy atom. The summed E-state index contributed by atoms with van der Waals surface area (Å²) < 4.78 is 0. The minimum absolute atomic E-state index is 0.0507. The van der Waals surface area contributed by atoms with Crippen LogP contribution in [0.25, 0.3) is 0 Å². The molecule has 19 heavy (non-hydrogen) atoms. The lowest BCUT2D eigenvalue weighted by molar-refractivity contribution is 0.0940. The summed E-state index contributed by atoms with van der Waals surface area (Å²) in [5, 5.41) is 3.67. The minimum atomic E-state index is -0.0637. The number of hydrogen-bond acceptors (Lipinski definition) is 1. The van der Waals surface area contributed by atoms with Crippen LogP contribution < -0.4 is 5.32 Å². The molecule has 0 aliphatic rings. The molecule has 1 N–H and O–H groups in total. The van der Waals surface area contributed by atoms with E-state index in [1.165, 1.54) is 0 Å². The molecule has 1 unspecified atom stereocenters. The zero-order chi connectivity index (χ0) is 13.8. The number of carbonyl (C=O) groups is 1. The van der Waals surface area contributed by atoms with Gasteiger partial charge in [0.05, 0.1) is 6.04 Å². The van der Waals surface area contributed by atoms with E-state index in [2.05, 4.69) is 5.32 Å². The van der Waals surface area contributed by atoms with E-state index in [1.54, 1.807) is 0 Å². The highest BCUT2D eigenvalue weighted by Crippen LogP contribution is 2.16. The zero-order valence-electron chi connectivity index (χ0n) is 11.0. The van der Waals surface area contributed by atoms with Crippen LogP contribution in [0.5, 0.6) is 0 Å². The molecule has 0 aliphatic heterocycles. The van der Waals surface area contributed by atoms with Crippen molar-refractivity contribution in [2.45, 2.75) is 19.9 Å². The first-order valence-corrected chi connectivity index (χ1v) is 6.57. The Hall–Kier alpha value is -1.80. The average molecular weight is 274 g/mol. The Morgan fingerprint density at radius 2 is 1.84 bits per heavy atom. The number of benzene rings is 2. The summed E-state index contributed by atoms with van der Waals surface area (Å²) in [6, 6.07) is 15.0. The Kier molecular flexibility index (Phi) is 4.23. The molecule has 98 valence electrons. The average Bonchev–Trinajstić information content (AvgIpc) is 2.39. The SMILES string of the molecule is Cc1cccc(C(=O)NC(C)c2ccc(Cl)cc2)c1. The van der Waals surface area contributed by atoms with Gasteiger partial charge in [-0.05, 0) is 43.7 Å². The van der Waals surface area contributed by atoms with Gasteiger partial charge in [0.25, 0.3) is 5.91 Å². The molecular weight excluding hydrogens is 258 g/mol. The van der Waals surface area contributed by atoms with Crippen molar-refractivity contribution in [1.29, 1.82) is 0 Å². The van der Waals surface area contributed by atoms with Crippen molar-refractivity contribution >= 4 is 17.5 Å². The fourth-order valence-corrected chi connectivity index (χ4v) is 2.03. The number of carbonyl (C=O) groups excluding carboxylic acids is 1. The maximum atomic E-state index is 12.1. The van der Waals surface area contributed by atoms with Gasteiger partial charge in [-0.15, -0.1) is 0 Å². The molecule has 2 aromatic carbocycles. The third-order valence-electron chi connectivity index (χ3n) is 3.00. The van der Waals surface area contributed by atoms with Crippen molar-refractivity contribution in [3.8, 4) is 0 Å². The highest BCUT2D eigenvalue weighted by molar-refractivity contribution is 6.30. The summed E-state index contributed by atoms with van der Waals surface area (Å²) in [4.78, 5) is 12.1. The number of aryl methyl sites for hydroxylation is 1. The highest BCUT2D eigenvalue weighted by Gasteiger charge is 2.11. The molecule has 0 aromatic heterocycles. The van der Waals surface area contributed by atoms with E-state index in [9.17, 15) is 4.79 Å². The van der Waals surface area contributed by atoms with Gasteiger partial charge in [-0.3, -0.25) is 4.79 Å². The Balaban J connectivity index is 2.08. The topological polar surface area (TPSA) is 29.1 Å². The van der Waals surface area contributed by atoms with Gasteiger partial charge in [-0.2, -0.15) is 0 Å². The van der Waals surface area contributed by atoms with Crippen LogP contribution in [-0.4, -0.2) is 5.91 Å². The summed E-state index contributed by atoms with van der Waals surface area (Å²) in [7, 11) is 0. The van der Waals surface area contributed by atoms with Gasteiger partial charge in [0, 0.05) is 10.6 Å². The minimum Gasteiger partial charge on any atom is -0.346 e. The third kappa shape index (κ3) is 3.58. The predicted molar refractivity (Wildman–Crippen MR) is 78.5 cm³/mol. The Bertz CT molecular complexity index is 578.